The molecule has 0 unspecified atom stereocenters. The van der Waals surface area contributed by atoms with Gasteiger partial charge in [-0.1, -0.05) is 12.2 Å². The van der Waals surface area contributed by atoms with Crippen LogP contribution in [-0.2, 0) is 9.53 Å². The molecule has 3 nitrogen and oxygen atoms in total. The number of rotatable bonds is 1. The molecule has 0 aromatic heterocycles. The number of fused-ring (bicyclic) bond motifs is 1. The van der Waals surface area contributed by atoms with Crippen molar-refractivity contribution in [3.63, 3.8) is 0 Å². The average molecular weight is 175 g/mol. The van der Waals surface area contributed by atoms with Gasteiger partial charge in [-0.05, 0) is 18.1 Å². The molecular formula is C10H9NO2. The molecule has 1 aliphatic heterocycles. The minimum absolute atomic E-state index is 0.431. The first-order valence-electron chi connectivity index (χ1n) is 4.05. The zero-order valence-electron chi connectivity index (χ0n) is 7.28. The van der Waals surface area contributed by atoms with Crippen LogP contribution in [0.1, 0.15) is 6.42 Å². The van der Waals surface area contributed by atoms with Gasteiger partial charge in [-0.15, -0.1) is 0 Å². The van der Waals surface area contributed by atoms with Crippen molar-refractivity contribution in [3.05, 3.63) is 35.1 Å². The smallest absolute Gasteiger partial charge is 0.224 e. The van der Waals surface area contributed by atoms with Gasteiger partial charge in [0.15, 0.2) is 6.29 Å². The zero-order valence-corrected chi connectivity index (χ0v) is 7.28. The Morgan fingerprint density at radius 2 is 2.46 bits per heavy atom. The van der Waals surface area contributed by atoms with Crippen molar-refractivity contribution >= 4 is 12.2 Å². The second-order valence-electron chi connectivity index (χ2n) is 2.82. The fraction of sp³-hybridized carbons (Fsp3) is 0.200. The van der Waals surface area contributed by atoms with Crippen molar-refractivity contribution in [2.24, 2.45) is 4.99 Å². The summed E-state index contributed by atoms with van der Waals surface area (Å²) < 4.78 is 5.00. The van der Waals surface area contributed by atoms with Crippen molar-refractivity contribution in [2.45, 2.75) is 6.42 Å². The van der Waals surface area contributed by atoms with Gasteiger partial charge >= 0.3 is 0 Å². The van der Waals surface area contributed by atoms with Crippen molar-refractivity contribution in [1.82, 2.24) is 0 Å². The Balaban J connectivity index is 2.50. The lowest BCUT2D eigenvalue weighted by Gasteiger charge is -2.03. The number of allylic oxidation sites excluding steroid dienone is 4. The Morgan fingerprint density at radius 3 is 3.15 bits per heavy atom. The molecule has 3 heteroatoms. The highest BCUT2D eigenvalue weighted by Crippen LogP contribution is 2.30. The van der Waals surface area contributed by atoms with E-state index in [2.05, 4.69) is 4.99 Å². The van der Waals surface area contributed by atoms with Crippen LogP contribution in [0.4, 0.5) is 0 Å². The SMILES string of the molecule is COC1=NC2=CC=CCC2=C1C=O. The summed E-state index contributed by atoms with van der Waals surface area (Å²) >= 11 is 0. The van der Waals surface area contributed by atoms with Gasteiger partial charge in [0.05, 0.1) is 18.4 Å². The standard InChI is InChI=1S/C10H9NO2/c1-13-10-8(6-12)7-4-2-3-5-9(7)11-10/h2-3,5-6H,4H2,1H3. The number of hydrogen-bond acceptors (Lipinski definition) is 3. The Morgan fingerprint density at radius 1 is 1.62 bits per heavy atom. The topological polar surface area (TPSA) is 38.7 Å². The van der Waals surface area contributed by atoms with Crippen LogP contribution < -0.4 is 0 Å². The summed E-state index contributed by atoms with van der Waals surface area (Å²) in [5.74, 6) is 0.431. The summed E-state index contributed by atoms with van der Waals surface area (Å²) in [4.78, 5) is 14.9. The first kappa shape index (κ1) is 7.98. The molecule has 1 aliphatic carbocycles. The monoisotopic (exact) mass is 175 g/mol. The van der Waals surface area contributed by atoms with Crippen molar-refractivity contribution in [1.29, 1.82) is 0 Å². The van der Waals surface area contributed by atoms with Gasteiger partial charge < -0.3 is 4.74 Å². The predicted molar refractivity (Wildman–Crippen MR) is 49.4 cm³/mol. The molecule has 2 rings (SSSR count). The maximum absolute atomic E-state index is 10.8. The van der Waals surface area contributed by atoms with E-state index < -0.39 is 0 Å². The van der Waals surface area contributed by atoms with Crippen LogP contribution in [0, 0.1) is 0 Å². The van der Waals surface area contributed by atoms with E-state index in [0.717, 1.165) is 24.0 Å². The summed E-state index contributed by atoms with van der Waals surface area (Å²) in [5.41, 5.74) is 2.40. The molecule has 0 atom stereocenters. The van der Waals surface area contributed by atoms with E-state index in [1.807, 2.05) is 18.2 Å². The van der Waals surface area contributed by atoms with Gasteiger partial charge in [-0.3, -0.25) is 4.79 Å². The fourth-order valence-electron chi connectivity index (χ4n) is 1.48. The van der Waals surface area contributed by atoms with Crippen molar-refractivity contribution < 1.29 is 9.53 Å². The predicted octanol–water partition coefficient (Wildman–Crippen LogP) is 1.38. The van der Waals surface area contributed by atoms with Crippen molar-refractivity contribution in [2.75, 3.05) is 7.11 Å². The molecule has 2 aliphatic rings. The summed E-state index contributed by atoms with van der Waals surface area (Å²) in [7, 11) is 1.52. The first-order valence-corrected chi connectivity index (χ1v) is 4.05. The Kier molecular flexibility index (Phi) is 1.85. The summed E-state index contributed by atoms with van der Waals surface area (Å²) in [5, 5.41) is 0. The number of nitrogens with zero attached hydrogens (tertiary/aromatic N) is 1. The fourth-order valence-corrected chi connectivity index (χ4v) is 1.48. The summed E-state index contributed by atoms with van der Waals surface area (Å²) in [6.45, 7) is 0. The van der Waals surface area contributed by atoms with Gasteiger partial charge in [-0.2, -0.15) is 0 Å². The molecule has 0 saturated carbocycles. The van der Waals surface area contributed by atoms with Crippen LogP contribution >= 0.6 is 0 Å². The van der Waals surface area contributed by atoms with Crippen LogP contribution in [0.15, 0.2) is 40.1 Å². The van der Waals surface area contributed by atoms with Gasteiger partial charge in [0, 0.05) is 0 Å². The Labute approximate surface area is 76.1 Å². The minimum Gasteiger partial charge on any atom is -0.480 e. The number of carbonyl (C=O) groups is 1. The van der Waals surface area contributed by atoms with E-state index in [9.17, 15) is 4.79 Å². The van der Waals surface area contributed by atoms with Crippen LogP contribution in [0.3, 0.4) is 0 Å². The number of carbonyl (C=O) groups excluding carboxylic acids is 1. The van der Waals surface area contributed by atoms with Crippen LogP contribution in [0.2, 0.25) is 0 Å². The highest BCUT2D eigenvalue weighted by Gasteiger charge is 2.23. The lowest BCUT2D eigenvalue weighted by molar-refractivity contribution is -0.104. The molecule has 0 saturated heterocycles. The van der Waals surface area contributed by atoms with Gasteiger partial charge in [0.2, 0.25) is 5.90 Å². The third-order valence-corrected chi connectivity index (χ3v) is 2.11. The third-order valence-electron chi connectivity index (χ3n) is 2.11. The largest absolute Gasteiger partial charge is 0.480 e. The molecule has 1 heterocycles. The van der Waals surface area contributed by atoms with E-state index in [-0.39, 0.29) is 0 Å². The molecule has 0 radical (unpaired) electrons. The molecule has 0 fully saturated rings. The highest BCUT2D eigenvalue weighted by atomic mass is 16.5. The minimum atomic E-state index is 0.431. The van der Waals surface area contributed by atoms with Crippen LogP contribution in [0.25, 0.3) is 0 Å². The summed E-state index contributed by atoms with van der Waals surface area (Å²) in [6.07, 6.45) is 7.38. The lowest BCUT2D eigenvalue weighted by Crippen LogP contribution is -2.04. The van der Waals surface area contributed by atoms with E-state index >= 15 is 0 Å². The molecule has 66 valence electrons. The second kappa shape index (κ2) is 3.01. The Hall–Kier alpha value is -1.64. The van der Waals surface area contributed by atoms with E-state index in [0.29, 0.717) is 11.5 Å². The molecule has 0 aromatic rings. The number of aldehydes is 1. The quantitative estimate of drug-likeness (QED) is 0.565. The molecule has 0 N–H and O–H groups in total. The van der Waals surface area contributed by atoms with Gasteiger partial charge in [-0.25, -0.2) is 4.99 Å². The number of hydrogen-bond donors (Lipinski definition) is 0. The summed E-state index contributed by atoms with van der Waals surface area (Å²) in [6, 6.07) is 0. The number of aliphatic imine (C=N–C) groups is 1. The average Bonchev–Trinajstić information content (AvgIpc) is 2.55. The maximum Gasteiger partial charge on any atom is 0.224 e. The molecule has 13 heavy (non-hydrogen) atoms. The molecule has 0 aromatic carbocycles. The molecule has 0 bridgehead atoms. The maximum atomic E-state index is 10.8. The van der Waals surface area contributed by atoms with E-state index in [4.69, 9.17) is 4.74 Å². The Bertz CT molecular complexity index is 372. The van der Waals surface area contributed by atoms with Crippen LogP contribution in [-0.4, -0.2) is 19.3 Å². The number of ether oxygens (including phenoxy) is 1. The number of methoxy groups -OCH3 is 1. The lowest BCUT2D eigenvalue weighted by atomic mass is 10.0. The van der Waals surface area contributed by atoms with E-state index in [1.165, 1.54) is 7.11 Å². The van der Waals surface area contributed by atoms with Gasteiger partial charge in [0.1, 0.15) is 0 Å². The van der Waals surface area contributed by atoms with Crippen LogP contribution in [0.5, 0.6) is 0 Å². The second-order valence-corrected chi connectivity index (χ2v) is 2.82. The van der Waals surface area contributed by atoms with E-state index in [1.54, 1.807) is 0 Å². The first-order chi connectivity index (χ1) is 6.36. The normalized spacial score (nSPS) is 19.5. The third kappa shape index (κ3) is 1.13. The van der Waals surface area contributed by atoms with Crippen molar-refractivity contribution in [3.8, 4) is 0 Å². The highest BCUT2D eigenvalue weighted by molar-refractivity contribution is 6.14. The molecule has 0 amide bonds. The zero-order chi connectivity index (χ0) is 9.26. The molecule has 0 spiro atoms. The van der Waals surface area contributed by atoms with Gasteiger partial charge in [0.25, 0.3) is 0 Å². The molecular weight excluding hydrogens is 166 g/mol.